The lowest BCUT2D eigenvalue weighted by molar-refractivity contribution is -0.114. The Hall–Kier alpha value is -1.72. The van der Waals surface area contributed by atoms with Gasteiger partial charge in [0.15, 0.2) is 0 Å². The summed E-state index contributed by atoms with van der Waals surface area (Å²) < 4.78 is 0. The molecule has 0 unspecified atom stereocenters. The Morgan fingerprint density at radius 1 is 1.35 bits per heavy atom. The van der Waals surface area contributed by atoms with Crippen LogP contribution in [0.15, 0.2) is 35.8 Å². The fourth-order valence-electron chi connectivity index (χ4n) is 1.91. The molecule has 1 heterocycles. The highest BCUT2D eigenvalue weighted by Gasteiger charge is 2.22. The summed E-state index contributed by atoms with van der Waals surface area (Å²) in [5.41, 5.74) is 1.71. The summed E-state index contributed by atoms with van der Waals surface area (Å²) in [5, 5.41) is 9.37. The minimum absolute atomic E-state index is 0.0587. The average Bonchev–Trinajstić information content (AvgIpc) is 2.92. The van der Waals surface area contributed by atoms with E-state index in [0.29, 0.717) is 6.54 Å². The van der Waals surface area contributed by atoms with Crippen molar-refractivity contribution in [1.82, 2.24) is 10.3 Å². The maximum atomic E-state index is 11.2. The number of anilines is 1. The van der Waals surface area contributed by atoms with Crippen molar-refractivity contribution in [2.24, 2.45) is 0 Å². The van der Waals surface area contributed by atoms with Gasteiger partial charge in [-0.3, -0.25) is 4.79 Å². The molecule has 0 radical (unpaired) electrons. The second kappa shape index (κ2) is 6.15. The largest absolute Gasteiger partial charge is 0.326 e. The van der Waals surface area contributed by atoms with Gasteiger partial charge in [0.25, 0.3) is 0 Å². The van der Waals surface area contributed by atoms with Crippen LogP contribution >= 0.6 is 11.3 Å². The van der Waals surface area contributed by atoms with Gasteiger partial charge in [0.05, 0.1) is 5.54 Å². The van der Waals surface area contributed by atoms with Crippen LogP contribution in [0.5, 0.6) is 0 Å². The third-order valence-electron chi connectivity index (χ3n) is 3.02. The van der Waals surface area contributed by atoms with Gasteiger partial charge in [-0.15, -0.1) is 11.3 Å². The highest BCUT2D eigenvalue weighted by Crippen LogP contribution is 2.23. The Morgan fingerprint density at radius 3 is 2.75 bits per heavy atom. The van der Waals surface area contributed by atoms with Crippen LogP contribution in [0.4, 0.5) is 5.69 Å². The van der Waals surface area contributed by atoms with Gasteiger partial charge in [-0.2, -0.15) is 0 Å². The van der Waals surface area contributed by atoms with E-state index in [0.717, 1.165) is 16.3 Å². The van der Waals surface area contributed by atoms with Crippen molar-refractivity contribution < 1.29 is 4.79 Å². The molecule has 0 aliphatic rings. The minimum atomic E-state index is -0.197. The topological polar surface area (TPSA) is 54.0 Å². The molecule has 5 heteroatoms. The number of carbonyl (C=O) groups is 1. The smallest absolute Gasteiger partial charge is 0.221 e. The number of hydrogen-bond donors (Lipinski definition) is 2. The summed E-state index contributed by atoms with van der Waals surface area (Å²) in [6.45, 7) is 6.40. The summed E-state index contributed by atoms with van der Waals surface area (Å²) in [4.78, 5) is 15.6. The second-order valence-corrected chi connectivity index (χ2v) is 6.05. The van der Waals surface area contributed by atoms with Crippen LogP contribution in [0.2, 0.25) is 0 Å². The molecule has 20 heavy (non-hydrogen) atoms. The van der Waals surface area contributed by atoms with Gasteiger partial charge >= 0.3 is 0 Å². The molecule has 2 rings (SSSR count). The van der Waals surface area contributed by atoms with E-state index in [-0.39, 0.29) is 11.4 Å². The molecule has 2 aromatic rings. The number of para-hydroxylation sites is 1. The first-order valence-electron chi connectivity index (χ1n) is 6.49. The molecule has 0 aliphatic heterocycles. The number of carbonyl (C=O) groups excluding carboxylic acids is 1. The van der Waals surface area contributed by atoms with E-state index in [1.54, 1.807) is 11.3 Å². The van der Waals surface area contributed by atoms with Crippen LogP contribution in [0.25, 0.3) is 0 Å². The Morgan fingerprint density at radius 2 is 2.10 bits per heavy atom. The van der Waals surface area contributed by atoms with Crippen molar-refractivity contribution in [3.63, 3.8) is 0 Å². The number of rotatable bonds is 5. The zero-order valence-electron chi connectivity index (χ0n) is 11.9. The summed E-state index contributed by atoms with van der Waals surface area (Å²) in [6, 6.07) is 7.81. The first kappa shape index (κ1) is 14.7. The van der Waals surface area contributed by atoms with Crippen molar-refractivity contribution in [3.05, 3.63) is 46.4 Å². The fraction of sp³-hybridized carbons (Fsp3) is 0.333. The van der Waals surface area contributed by atoms with Gasteiger partial charge in [-0.05, 0) is 25.5 Å². The molecule has 0 spiro atoms. The molecule has 0 bridgehead atoms. The average molecular weight is 289 g/mol. The molecule has 0 saturated heterocycles. The summed E-state index contributed by atoms with van der Waals surface area (Å²) in [7, 11) is 0. The van der Waals surface area contributed by atoms with Crippen LogP contribution in [0.3, 0.4) is 0 Å². The normalized spacial score (nSPS) is 11.3. The summed E-state index contributed by atoms with van der Waals surface area (Å²) >= 11 is 1.64. The van der Waals surface area contributed by atoms with Crippen molar-refractivity contribution in [2.75, 3.05) is 5.32 Å². The zero-order chi connectivity index (χ0) is 14.6. The van der Waals surface area contributed by atoms with E-state index in [9.17, 15) is 4.79 Å². The lowest BCUT2D eigenvalue weighted by Crippen LogP contribution is -2.36. The lowest BCUT2D eigenvalue weighted by atomic mass is 10.1. The Balaban J connectivity index is 2.09. The van der Waals surface area contributed by atoms with Crippen LogP contribution < -0.4 is 10.6 Å². The van der Waals surface area contributed by atoms with Gasteiger partial charge in [-0.1, -0.05) is 18.2 Å². The molecule has 0 saturated carbocycles. The van der Waals surface area contributed by atoms with Crippen molar-refractivity contribution >= 4 is 22.9 Å². The highest BCUT2D eigenvalue weighted by molar-refractivity contribution is 7.09. The fourth-order valence-corrected chi connectivity index (χ4v) is 2.65. The number of thiazole rings is 1. The van der Waals surface area contributed by atoms with E-state index < -0.39 is 0 Å². The third kappa shape index (κ3) is 3.65. The molecule has 0 atom stereocenters. The van der Waals surface area contributed by atoms with Crippen molar-refractivity contribution in [3.8, 4) is 0 Å². The molecule has 106 valence electrons. The summed E-state index contributed by atoms with van der Waals surface area (Å²) in [5.74, 6) is -0.0587. The lowest BCUT2D eigenvalue weighted by Gasteiger charge is -2.24. The Bertz CT molecular complexity index is 579. The summed E-state index contributed by atoms with van der Waals surface area (Å²) in [6.07, 6.45) is 1.81. The SMILES string of the molecule is CC(=O)Nc1ccccc1CNC(C)(C)c1nccs1. The van der Waals surface area contributed by atoms with E-state index >= 15 is 0 Å². The molecule has 1 aromatic heterocycles. The Labute approximate surface area is 123 Å². The Kier molecular flexibility index (Phi) is 4.52. The first-order valence-corrected chi connectivity index (χ1v) is 7.37. The standard InChI is InChI=1S/C15H19N3OS/c1-11(19)18-13-7-5-4-6-12(13)10-17-15(2,3)14-16-8-9-20-14/h4-9,17H,10H2,1-3H3,(H,18,19). The number of hydrogen-bond acceptors (Lipinski definition) is 4. The van der Waals surface area contributed by atoms with E-state index in [1.807, 2.05) is 35.8 Å². The minimum Gasteiger partial charge on any atom is -0.326 e. The third-order valence-corrected chi connectivity index (χ3v) is 4.11. The van der Waals surface area contributed by atoms with E-state index in [2.05, 4.69) is 29.5 Å². The molecule has 1 aromatic carbocycles. The quantitative estimate of drug-likeness (QED) is 0.889. The molecule has 0 aliphatic carbocycles. The van der Waals surface area contributed by atoms with Crippen LogP contribution in [-0.4, -0.2) is 10.9 Å². The first-order chi connectivity index (χ1) is 9.49. The van der Waals surface area contributed by atoms with Gasteiger partial charge in [0.2, 0.25) is 5.91 Å². The maximum Gasteiger partial charge on any atom is 0.221 e. The zero-order valence-corrected chi connectivity index (χ0v) is 12.8. The number of benzene rings is 1. The van der Waals surface area contributed by atoms with E-state index in [4.69, 9.17) is 0 Å². The van der Waals surface area contributed by atoms with E-state index in [1.165, 1.54) is 6.92 Å². The molecule has 4 nitrogen and oxygen atoms in total. The van der Waals surface area contributed by atoms with Crippen LogP contribution in [-0.2, 0) is 16.9 Å². The van der Waals surface area contributed by atoms with Crippen LogP contribution in [0.1, 0.15) is 31.3 Å². The molecular weight excluding hydrogens is 270 g/mol. The molecule has 0 fully saturated rings. The van der Waals surface area contributed by atoms with Gasteiger partial charge < -0.3 is 10.6 Å². The second-order valence-electron chi connectivity index (χ2n) is 5.15. The number of amides is 1. The van der Waals surface area contributed by atoms with Gasteiger partial charge in [0, 0.05) is 30.7 Å². The van der Waals surface area contributed by atoms with Crippen LogP contribution in [0, 0.1) is 0 Å². The van der Waals surface area contributed by atoms with Crippen molar-refractivity contribution in [2.45, 2.75) is 32.9 Å². The number of nitrogens with one attached hydrogen (secondary N) is 2. The molecular formula is C15H19N3OS. The number of nitrogens with zero attached hydrogens (tertiary/aromatic N) is 1. The van der Waals surface area contributed by atoms with Crippen molar-refractivity contribution in [1.29, 1.82) is 0 Å². The molecule has 1 amide bonds. The number of aromatic nitrogens is 1. The monoisotopic (exact) mass is 289 g/mol. The highest BCUT2D eigenvalue weighted by atomic mass is 32.1. The molecule has 2 N–H and O–H groups in total. The van der Waals surface area contributed by atoms with Gasteiger partial charge in [0.1, 0.15) is 5.01 Å². The maximum absolute atomic E-state index is 11.2. The van der Waals surface area contributed by atoms with Gasteiger partial charge in [-0.25, -0.2) is 4.98 Å². The predicted molar refractivity (Wildman–Crippen MR) is 82.7 cm³/mol. The predicted octanol–water partition coefficient (Wildman–Crippen LogP) is 3.13.